The van der Waals surface area contributed by atoms with Crippen LogP contribution in [0.25, 0.3) is 0 Å². The summed E-state index contributed by atoms with van der Waals surface area (Å²) in [7, 11) is 0. The third-order valence-electron chi connectivity index (χ3n) is 2.22. The van der Waals surface area contributed by atoms with Crippen LogP contribution >= 0.6 is 0 Å². The number of nitrogens with two attached hydrogens (primary N) is 1. The second-order valence-corrected chi connectivity index (χ2v) is 3.35. The Bertz CT molecular complexity index is 310. The zero-order valence-corrected chi connectivity index (χ0v) is 8.49. The average Bonchev–Trinajstić information content (AvgIpc) is 2.19. The van der Waals surface area contributed by atoms with Crippen LogP contribution in [-0.4, -0.2) is 10.9 Å². The van der Waals surface area contributed by atoms with Gasteiger partial charge >= 0.3 is 0 Å². The monoisotopic (exact) mass is 192 g/mol. The quantitative estimate of drug-likeness (QED) is 0.724. The van der Waals surface area contributed by atoms with E-state index >= 15 is 0 Å². The van der Waals surface area contributed by atoms with Gasteiger partial charge < -0.3 is 5.73 Å². The van der Waals surface area contributed by atoms with Crippen molar-refractivity contribution in [3.63, 3.8) is 0 Å². The molecule has 0 aliphatic rings. The number of pyridine rings is 1. The maximum Gasteiger partial charge on any atom is 0.249 e. The van der Waals surface area contributed by atoms with Crippen LogP contribution in [0, 0.1) is 0 Å². The van der Waals surface area contributed by atoms with Crippen LogP contribution in [-0.2, 0) is 6.42 Å². The summed E-state index contributed by atoms with van der Waals surface area (Å²) in [6.45, 7) is 2.15. The first-order valence-electron chi connectivity index (χ1n) is 4.98. The number of aromatic nitrogens is 1. The molecule has 0 unspecified atom stereocenters. The molecule has 1 aromatic heterocycles. The molecule has 0 spiro atoms. The molecule has 1 amide bonds. The van der Waals surface area contributed by atoms with E-state index in [2.05, 4.69) is 11.9 Å². The van der Waals surface area contributed by atoms with E-state index in [9.17, 15) is 4.79 Å². The summed E-state index contributed by atoms with van der Waals surface area (Å²) in [4.78, 5) is 15.0. The Hall–Kier alpha value is -1.38. The number of hydrogen-bond acceptors (Lipinski definition) is 2. The van der Waals surface area contributed by atoms with E-state index in [0.29, 0.717) is 5.56 Å². The molecule has 0 bridgehead atoms. The van der Waals surface area contributed by atoms with E-state index in [4.69, 9.17) is 5.73 Å². The summed E-state index contributed by atoms with van der Waals surface area (Å²) >= 11 is 0. The fourth-order valence-electron chi connectivity index (χ4n) is 1.43. The van der Waals surface area contributed by atoms with Crippen LogP contribution in [0.1, 0.15) is 42.1 Å². The molecule has 1 rings (SSSR count). The third-order valence-corrected chi connectivity index (χ3v) is 2.22. The lowest BCUT2D eigenvalue weighted by molar-refractivity contribution is 0.0999. The largest absolute Gasteiger partial charge is 0.366 e. The Kier molecular flexibility index (Phi) is 4.11. The Labute approximate surface area is 84.3 Å². The van der Waals surface area contributed by atoms with E-state index in [0.717, 1.165) is 18.4 Å². The average molecular weight is 192 g/mol. The van der Waals surface area contributed by atoms with E-state index < -0.39 is 0 Å². The first-order valence-corrected chi connectivity index (χ1v) is 4.98. The molecular weight excluding hydrogens is 176 g/mol. The molecular formula is C11H16N2O. The maximum absolute atomic E-state index is 11.0. The highest BCUT2D eigenvalue weighted by molar-refractivity contribution is 5.94. The van der Waals surface area contributed by atoms with Crippen molar-refractivity contribution >= 4 is 5.91 Å². The molecule has 1 heterocycles. The second kappa shape index (κ2) is 5.37. The van der Waals surface area contributed by atoms with Gasteiger partial charge in [-0.25, -0.2) is 0 Å². The SMILES string of the molecule is CCCCCc1cnccc1C(N)=O. The fraction of sp³-hybridized carbons (Fsp3) is 0.455. The zero-order chi connectivity index (χ0) is 10.4. The van der Waals surface area contributed by atoms with Crippen molar-refractivity contribution in [3.8, 4) is 0 Å². The summed E-state index contributed by atoms with van der Waals surface area (Å²) < 4.78 is 0. The summed E-state index contributed by atoms with van der Waals surface area (Å²) in [5, 5.41) is 0. The van der Waals surface area contributed by atoms with Crippen molar-refractivity contribution in [2.45, 2.75) is 32.6 Å². The van der Waals surface area contributed by atoms with Crippen LogP contribution in [0.5, 0.6) is 0 Å². The molecule has 76 valence electrons. The molecule has 0 atom stereocenters. The maximum atomic E-state index is 11.0. The van der Waals surface area contributed by atoms with Gasteiger partial charge in [-0.2, -0.15) is 0 Å². The standard InChI is InChI=1S/C11H16N2O/c1-2-3-4-5-9-8-13-7-6-10(9)11(12)14/h6-8H,2-5H2,1H3,(H2,12,14). The number of carbonyl (C=O) groups excluding carboxylic acids is 1. The van der Waals surface area contributed by atoms with E-state index in [1.54, 1.807) is 18.5 Å². The second-order valence-electron chi connectivity index (χ2n) is 3.35. The Morgan fingerprint density at radius 3 is 2.93 bits per heavy atom. The summed E-state index contributed by atoms with van der Waals surface area (Å²) in [6.07, 6.45) is 7.65. The number of carbonyl (C=O) groups is 1. The van der Waals surface area contributed by atoms with Crippen LogP contribution < -0.4 is 5.73 Å². The number of aryl methyl sites for hydroxylation is 1. The molecule has 0 aliphatic carbocycles. The number of unbranched alkanes of at least 4 members (excludes halogenated alkanes) is 2. The lowest BCUT2D eigenvalue weighted by Crippen LogP contribution is -2.13. The third kappa shape index (κ3) is 2.83. The first kappa shape index (κ1) is 10.7. The molecule has 14 heavy (non-hydrogen) atoms. The number of hydrogen-bond donors (Lipinski definition) is 1. The predicted molar refractivity (Wildman–Crippen MR) is 56.0 cm³/mol. The Balaban J connectivity index is 2.69. The zero-order valence-electron chi connectivity index (χ0n) is 8.49. The van der Waals surface area contributed by atoms with Crippen molar-refractivity contribution in [2.75, 3.05) is 0 Å². The predicted octanol–water partition coefficient (Wildman–Crippen LogP) is 1.91. The number of primary amides is 1. The van der Waals surface area contributed by atoms with Crippen molar-refractivity contribution in [1.29, 1.82) is 0 Å². The van der Waals surface area contributed by atoms with E-state index in [1.165, 1.54) is 12.8 Å². The number of nitrogens with zero attached hydrogens (tertiary/aromatic N) is 1. The first-order chi connectivity index (χ1) is 6.75. The highest BCUT2D eigenvalue weighted by Gasteiger charge is 2.06. The van der Waals surface area contributed by atoms with Gasteiger partial charge in [-0.05, 0) is 24.5 Å². The van der Waals surface area contributed by atoms with Crippen LogP contribution in [0.3, 0.4) is 0 Å². The topological polar surface area (TPSA) is 56.0 Å². The molecule has 0 saturated carbocycles. The van der Waals surface area contributed by atoms with Gasteiger partial charge in [-0.3, -0.25) is 9.78 Å². The fourth-order valence-corrected chi connectivity index (χ4v) is 1.43. The van der Waals surface area contributed by atoms with Gasteiger partial charge in [0, 0.05) is 18.0 Å². The van der Waals surface area contributed by atoms with Gasteiger partial charge in [0.15, 0.2) is 0 Å². The summed E-state index contributed by atoms with van der Waals surface area (Å²) in [5.41, 5.74) is 6.83. The van der Waals surface area contributed by atoms with Crippen LogP contribution in [0.4, 0.5) is 0 Å². The molecule has 0 saturated heterocycles. The van der Waals surface area contributed by atoms with Crippen LogP contribution in [0.15, 0.2) is 18.5 Å². The molecule has 0 aromatic carbocycles. The van der Waals surface area contributed by atoms with Gasteiger partial charge in [0.2, 0.25) is 5.91 Å². The van der Waals surface area contributed by atoms with E-state index in [-0.39, 0.29) is 5.91 Å². The lowest BCUT2D eigenvalue weighted by Gasteiger charge is -2.04. The molecule has 0 fully saturated rings. The van der Waals surface area contributed by atoms with E-state index in [1.807, 2.05) is 0 Å². The number of rotatable bonds is 5. The van der Waals surface area contributed by atoms with Gasteiger partial charge in [-0.15, -0.1) is 0 Å². The van der Waals surface area contributed by atoms with Crippen molar-refractivity contribution in [1.82, 2.24) is 4.98 Å². The highest BCUT2D eigenvalue weighted by atomic mass is 16.1. The Morgan fingerprint density at radius 2 is 2.29 bits per heavy atom. The molecule has 3 heteroatoms. The normalized spacial score (nSPS) is 10.1. The molecule has 0 aliphatic heterocycles. The van der Waals surface area contributed by atoms with Gasteiger partial charge in [0.25, 0.3) is 0 Å². The summed E-state index contributed by atoms with van der Waals surface area (Å²) in [6, 6.07) is 1.68. The molecule has 0 radical (unpaired) electrons. The van der Waals surface area contributed by atoms with Crippen molar-refractivity contribution in [3.05, 3.63) is 29.6 Å². The van der Waals surface area contributed by atoms with Crippen molar-refractivity contribution in [2.24, 2.45) is 5.73 Å². The minimum Gasteiger partial charge on any atom is -0.366 e. The molecule has 3 nitrogen and oxygen atoms in total. The van der Waals surface area contributed by atoms with Crippen LogP contribution in [0.2, 0.25) is 0 Å². The van der Waals surface area contributed by atoms with Gasteiger partial charge in [0.05, 0.1) is 0 Å². The molecule has 1 aromatic rings. The lowest BCUT2D eigenvalue weighted by atomic mass is 10.0. The Morgan fingerprint density at radius 1 is 1.50 bits per heavy atom. The minimum absolute atomic E-state index is 0.362. The van der Waals surface area contributed by atoms with Gasteiger partial charge in [-0.1, -0.05) is 19.8 Å². The molecule has 2 N–H and O–H groups in total. The minimum atomic E-state index is -0.362. The number of amides is 1. The van der Waals surface area contributed by atoms with Crippen molar-refractivity contribution < 1.29 is 4.79 Å². The smallest absolute Gasteiger partial charge is 0.249 e. The summed E-state index contributed by atoms with van der Waals surface area (Å²) in [5.74, 6) is -0.362. The highest BCUT2D eigenvalue weighted by Crippen LogP contribution is 2.10. The van der Waals surface area contributed by atoms with Gasteiger partial charge in [0.1, 0.15) is 0 Å².